The largest absolute Gasteiger partial charge is 0.491 e. The first-order valence-corrected chi connectivity index (χ1v) is 15.2. The first-order valence-electron chi connectivity index (χ1n) is 13.8. The van der Waals surface area contributed by atoms with Gasteiger partial charge in [0.05, 0.1) is 23.7 Å². The Bertz CT molecular complexity index is 1600. The number of hydrogen-bond donors (Lipinski definition) is 1. The van der Waals surface area contributed by atoms with E-state index < -0.39 is 11.7 Å². The Balaban J connectivity index is 1.38. The summed E-state index contributed by atoms with van der Waals surface area (Å²) >= 11 is 0.705. The maximum atomic E-state index is 13.5. The van der Waals surface area contributed by atoms with Gasteiger partial charge < -0.3 is 15.0 Å². The molecule has 0 aliphatic carbocycles. The third-order valence-corrected chi connectivity index (χ3v) is 8.27. The van der Waals surface area contributed by atoms with Crippen molar-refractivity contribution in [2.45, 2.75) is 33.1 Å². The SMILES string of the molecule is Cc1ccc(-n2nc(C(C)(C)C)cc2NC(=O)C(=O)c2ccc(OCCN3CC[SH2]CC3=O)c3ccccc23)cc1. The summed E-state index contributed by atoms with van der Waals surface area (Å²) in [5.41, 5.74) is 2.71. The molecule has 41 heavy (non-hydrogen) atoms. The van der Waals surface area contributed by atoms with E-state index in [-0.39, 0.29) is 16.9 Å². The Hall–Kier alpha value is -4.11. The molecule has 214 valence electrons. The number of nitrogens with zero attached hydrogens (tertiary/aromatic N) is 3. The van der Waals surface area contributed by atoms with Crippen LogP contribution < -0.4 is 10.1 Å². The molecule has 0 spiro atoms. The van der Waals surface area contributed by atoms with Gasteiger partial charge in [0.2, 0.25) is 5.91 Å². The Morgan fingerprint density at radius 1 is 1.02 bits per heavy atom. The maximum Gasteiger partial charge on any atom is 0.297 e. The van der Waals surface area contributed by atoms with Gasteiger partial charge in [-0.1, -0.05) is 62.7 Å². The molecule has 0 radical (unpaired) electrons. The number of carbonyl (C=O) groups is 3. The van der Waals surface area contributed by atoms with Gasteiger partial charge in [-0.25, -0.2) is 4.68 Å². The Morgan fingerprint density at radius 3 is 2.46 bits per heavy atom. The van der Waals surface area contributed by atoms with Crippen LogP contribution in [0.25, 0.3) is 16.5 Å². The van der Waals surface area contributed by atoms with Gasteiger partial charge in [-0.05, 0) is 42.3 Å². The summed E-state index contributed by atoms with van der Waals surface area (Å²) < 4.78 is 7.71. The van der Waals surface area contributed by atoms with Crippen molar-refractivity contribution in [1.29, 1.82) is 0 Å². The molecule has 2 amide bonds. The molecular weight excluding hydrogens is 536 g/mol. The first-order chi connectivity index (χ1) is 19.6. The minimum absolute atomic E-state index is 0.174. The number of hydrogen-bond acceptors (Lipinski definition) is 5. The normalized spacial score (nSPS) is 14.8. The standard InChI is InChI=1S/C32H36N4O4S/c1-21-9-11-22(12-10-21)36-28(19-27(34-36)32(2,3)4)33-31(39)30(38)25-13-14-26(24-8-6-5-7-23(24)25)40-17-15-35-16-18-41-20-29(35)37/h5-14,19H,15-18,20,41H2,1-4H3,(H,33,39). The molecule has 3 aromatic carbocycles. The highest BCUT2D eigenvalue weighted by atomic mass is 32.2. The number of benzene rings is 3. The molecule has 0 bridgehead atoms. The molecule has 1 aliphatic heterocycles. The minimum Gasteiger partial charge on any atom is -0.491 e. The highest BCUT2D eigenvalue weighted by Gasteiger charge is 2.25. The van der Waals surface area contributed by atoms with Crippen molar-refractivity contribution in [3.05, 3.63) is 83.6 Å². The predicted molar refractivity (Wildman–Crippen MR) is 166 cm³/mol. The number of aryl methyl sites for hydroxylation is 1. The van der Waals surface area contributed by atoms with Crippen molar-refractivity contribution in [3.8, 4) is 11.4 Å². The van der Waals surface area contributed by atoms with Crippen molar-refractivity contribution in [2.24, 2.45) is 0 Å². The molecule has 1 aliphatic rings. The third-order valence-electron chi connectivity index (χ3n) is 7.14. The van der Waals surface area contributed by atoms with E-state index in [2.05, 4.69) is 5.32 Å². The Labute approximate surface area is 244 Å². The molecule has 1 aromatic heterocycles. The lowest BCUT2D eigenvalue weighted by molar-refractivity contribution is -0.128. The molecule has 0 saturated carbocycles. The van der Waals surface area contributed by atoms with Crippen LogP contribution in [-0.2, 0) is 15.0 Å². The second-order valence-corrected chi connectivity index (χ2v) is 12.6. The van der Waals surface area contributed by atoms with Crippen LogP contribution in [-0.4, -0.2) is 63.5 Å². The summed E-state index contributed by atoms with van der Waals surface area (Å²) in [5.74, 6) is 1.46. The molecule has 9 heteroatoms. The van der Waals surface area contributed by atoms with Crippen LogP contribution >= 0.6 is 11.8 Å². The molecule has 0 atom stereocenters. The summed E-state index contributed by atoms with van der Waals surface area (Å²) in [4.78, 5) is 40.8. The van der Waals surface area contributed by atoms with Crippen molar-refractivity contribution in [2.75, 3.05) is 36.5 Å². The fraction of sp³-hybridized carbons (Fsp3) is 0.312. The van der Waals surface area contributed by atoms with E-state index in [1.807, 2.05) is 87.2 Å². The van der Waals surface area contributed by atoms with Crippen molar-refractivity contribution < 1.29 is 19.1 Å². The Kier molecular flexibility index (Phi) is 8.17. The second-order valence-electron chi connectivity index (χ2n) is 11.3. The summed E-state index contributed by atoms with van der Waals surface area (Å²) in [6.07, 6.45) is 0. The van der Waals surface area contributed by atoms with Gasteiger partial charge in [0.25, 0.3) is 11.7 Å². The number of fused-ring (bicyclic) bond motifs is 1. The van der Waals surface area contributed by atoms with Gasteiger partial charge in [0.15, 0.2) is 0 Å². The van der Waals surface area contributed by atoms with Gasteiger partial charge in [-0.3, -0.25) is 26.1 Å². The number of amides is 2. The highest BCUT2D eigenvalue weighted by Crippen LogP contribution is 2.30. The van der Waals surface area contributed by atoms with E-state index in [0.717, 1.165) is 34.6 Å². The summed E-state index contributed by atoms with van der Waals surface area (Å²) in [5, 5.41) is 8.92. The van der Waals surface area contributed by atoms with Gasteiger partial charge in [-0.2, -0.15) is 5.10 Å². The number of ether oxygens (including phenoxy) is 1. The van der Waals surface area contributed by atoms with E-state index in [1.165, 1.54) is 0 Å². The lowest BCUT2D eigenvalue weighted by atomic mass is 9.92. The number of nitrogens with one attached hydrogen (secondary N) is 1. The van der Waals surface area contributed by atoms with E-state index in [1.54, 1.807) is 16.8 Å². The summed E-state index contributed by atoms with van der Waals surface area (Å²) in [6.45, 7) is 9.79. The topological polar surface area (TPSA) is 93.5 Å². The van der Waals surface area contributed by atoms with Crippen LogP contribution in [0.2, 0.25) is 0 Å². The van der Waals surface area contributed by atoms with E-state index in [9.17, 15) is 14.4 Å². The fourth-order valence-electron chi connectivity index (χ4n) is 4.76. The average molecular weight is 573 g/mol. The van der Waals surface area contributed by atoms with Crippen molar-refractivity contribution in [1.82, 2.24) is 14.7 Å². The van der Waals surface area contributed by atoms with Crippen LogP contribution in [0.1, 0.15) is 42.4 Å². The number of Topliss-reactive ketones (excluding diaryl/α,β-unsaturated/α-hetero) is 1. The minimum atomic E-state index is -0.748. The van der Waals surface area contributed by atoms with Crippen LogP contribution in [0.15, 0.2) is 66.7 Å². The van der Waals surface area contributed by atoms with Crippen LogP contribution in [0.5, 0.6) is 5.75 Å². The lowest BCUT2D eigenvalue weighted by Gasteiger charge is -2.27. The van der Waals surface area contributed by atoms with E-state index >= 15 is 0 Å². The monoisotopic (exact) mass is 572 g/mol. The van der Waals surface area contributed by atoms with Crippen LogP contribution in [0, 0.1) is 6.92 Å². The smallest absolute Gasteiger partial charge is 0.297 e. The first kappa shape index (κ1) is 28.4. The number of anilines is 1. The van der Waals surface area contributed by atoms with Crippen molar-refractivity contribution >= 4 is 45.9 Å². The zero-order chi connectivity index (χ0) is 29.1. The average Bonchev–Trinajstić information content (AvgIpc) is 3.38. The third kappa shape index (κ3) is 6.30. The number of aromatic nitrogens is 2. The number of carbonyl (C=O) groups excluding carboxylic acids is 3. The zero-order valence-corrected chi connectivity index (χ0v) is 24.9. The number of rotatable bonds is 8. The van der Waals surface area contributed by atoms with E-state index in [0.29, 0.717) is 47.6 Å². The molecule has 0 unspecified atom stereocenters. The lowest BCUT2D eigenvalue weighted by Crippen LogP contribution is -2.40. The van der Waals surface area contributed by atoms with Gasteiger partial charge in [0.1, 0.15) is 18.2 Å². The quantitative estimate of drug-likeness (QED) is 0.240. The summed E-state index contributed by atoms with van der Waals surface area (Å²) in [6, 6.07) is 20.4. The molecular formula is C32H36N4O4S. The maximum absolute atomic E-state index is 13.5. The van der Waals surface area contributed by atoms with Gasteiger partial charge in [0, 0.05) is 29.0 Å². The van der Waals surface area contributed by atoms with Crippen LogP contribution in [0.3, 0.4) is 0 Å². The summed E-state index contributed by atoms with van der Waals surface area (Å²) in [7, 11) is 0. The molecule has 1 fully saturated rings. The molecule has 1 N–H and O–H groups in total. The fourth-order valence-corrected chi connectivity index (χ4v) is 5.80. The van der Waals surface area contributed by atoms with Gasteiger partial charge >= 0.3 is 0 Å². The predicted octanol–water partition coefficient (Wildman–Crippen LogP) is 4.87. The van der Waals surface area contributed by atoms with Crippen LogP contribution in [0.4, 0.5) is 5.82 Å². The van der Waals surface area contributed by atoms with Gasteiger partial charge in [-0.15, -0.1) is 0 Å². The molecule has 2 heterocycles. The van der Waals surface area contributed by atoms with E-state index in [4.69, 9.17) is 9.84 Å². The number of ketones is 1. The zero-order valence-electron chi connectivity index (χ0n) is 23.9. The highest BCUT2D eigenvalue weighted by molar-refractivity contribution is 8.00. The second kappa shape index (κ2) is 11.8. The van der Waals surface area contributed by atoms with Crippen molar-refractivity contribution in [3.63, 3.8) is 0 Å². The Morgan fingerprint density at radius 2 is 1.76 bits per heavy atom. The molecule has 5 rings (SSSR count). The molecule has 1 saturated heterocycles. The molecule has 4 aromatic rings. The molecule has 8 nitrogen and oxygen atoms in total.